The van der Waals surface area contributed by atoms with Crippen molar-refractivity contribution in [2.45, 2.75) is 38.9 Å². The maximum Gasteiger partial charge on any atom is 0.251 e. The van der Waals surface area contributed by atoms with E-state index in [4.69, 9.17) is 5.26 Å². The summed E-state index contributed by atoms with van der Waals surface area (Å²) in [6.45, 7) is 3.67. The SMILES string of the molecule is CCC(CC#N)NC(=O)c1ccc2c(c1)CNC2. The third kappa shape index (κ3) is 2.69. The van der Waals surface area contributed by atoms with Crippen molar-refractivity contribution in [2.75, 3.05) is 0 Å². The van der Waals surface area contributed by atoms with E-state index in [1.165, 1.54) is 11.1 Å². The summed E-state index contributed by atoms with van der Waals surface area (Å²) in [5.41, 5.74) is 3.13. The molecule has 1 amide bonds. The molecule has 4 nitrogen and oxygen atoms in total. The lowest BCUT2D eigenvalue weighted by molar-refractivity contribution is 0.0936. The first-order valence-electron chi connectivity index (χ1n) is 6.25. The summed E-state index contributed by atoms with van der Waals surface area (Å²) in [4.78, 5) is 12.0. The second-order valence-electron chi connectivity index (χ2n) is 4.53. The summed E-state index contributed by atoms with van der Waals surface area (Å²) < 4.78 is 0. The van der Waals surface area contributed by atoms with Gasteiger partial charge < -0.3 is 10.6 Å². The Morgan fingerprint density at radius 3 is 3.00 bits per heavy atom. The lowest BCUT2D eigenvalue weighted by atomic mass is 10.1. The maximum atomic E-state index is 12.0. The predicted molar refractivity (Wildman–Crippen MR) is 68.8 cm³/mol. The highest BCUT2D eigenvalue weighted by Gasteiger charge is 2.15. The fraction of sp³-hybridized carbons (Fsp3) is 0.429. The number of hydrogen-bond acceptors (Lipinski definition) is 3. The number of nitrogens with one attached hydrogen (secondary N) is 2. The van der Waals surface area contributed by atoms with E-state index < -0.39 is 0 Å². The number of amides is 1. The Bertz CT molecular complexity index is 490. The first-order valence-corrected chi connectivity index (χ1v) is 6.25. The molecule has 0 radical (unpaired) electrons. The number of benzene rings is 1. The van der Waals surface area contributed by atoms with Crippen molar-refractivity contribution in [3.63, 3.8) is 0 Å². The van der Waals surface area contributed by atoms with E-state index in [0.717, 1.165) is 19.5 Å². The molecule has 2 N–H and O–H groups in total. The van der Waals surface area contributed by atoms with Gasteiger partial charge in [0.15, 0.2) is 0 Å². The van der Waals surface area contributed by atoms with Crippen LogP contribution in [0.5, 0.6) is 0 Å². The van der Waals surface area contributed by atoms with Gasteiger partial charge in [-0.05, 0) is 29.7 Å². The Hall–Kier alpha value is -1.86. The summed E-state index contributed by atoms with van der Waals surface area (Å²) in [6.07, 6.45) is 1.13. The van der Waals surface area contributed by atoms with Crippen LogP contribution in [0.25, 0.3) is 0 Å². The summed E-state index contributed by atoms with van der Waals surface area (Å²) in [7, 11) is 0. The zero-order chi connectivity index (χ0) is 13.0. The van der Waals surface area contributed by atoms with Gasteiger partial charge in [0.2, 0.25) is 0 Å². The van der Waals surface area contributed by atoms with Gasteiger partial charge in [-0.3, -0.25) is 4.79 Å². The average Bonchev–Trinajstić information content (AvgIpc) is 2.85. The molecule has 18 heavy (non-hydrogen) atoms. The molecule has 1 unspecified atom stereocenters. The van der Waals surface area contributed by atoms with E-state index in [0.29, 0.717) is 12.0 Å². The molecule has 0 saturated carbocycles. The second kappa shape index (κ2) is 5.65. The highest BCUT2D eigenvalue weighted by atomic mass is 16.1. The Balaban J connectivity index is 2.07. The fourth-order valence-electron chi connectivity index (χ4n) is 2.11. The molecule has 1 aromatic rings. The zero-order valence-electron chi connectivity index (χ0n) is 10.5. The van der Waals surface area contributed by atoms with Gasteiger partial charge >= 0.3 is 0 Å². The third-order valence-electron chi connectivity index (χ3n) is 3.27. The van der Waals surface area contributed by atoms with Gasteiger partial charge in [-0.25, -0.2) is 0 Å². The molecule has 94 valence electrons. The van der Waals surface area contributed by atoms with Gasteiger partial charge in [0, 0.05) is 24.7 Å². The van der Waals surface area contributed by atoms with E-state index in [1.54, 1.807) is 0 Å². The largest absolute Gasteiger partial charge is 0.348 e. The standard InChI is InChI=1S/C14H17N3O/c1-2-13(5-6-15)17-14(18)10-3-4-11-8-16-9-12(11)7-10/h3-4,7,13,16H,2,5,8-9H2,1H3,(H,17,18). The number of rotatable bonds is 4. The van der Waals surface area contributed by atoms with Gasteiger partial charge in [0.05, 0.1) is 12.5 Å². The lowest BCUT2D eigenvalue weighted by Crippen LogP contribution is -2.34. The van der Waals surface area contributed by atoms with E-state index in [2.05, 4.69) is 16.7 Å². The third-order valence-corrected chi connectivity index (χ3v) is 3.27. The number of carbonyl (C=O) groups excluding carboxylic acids is 1. The van der Waals surface area contributed by atoms with E-state index >= 15 is 0 Å². The molecule has 0 aromatic heterocycles. The molecule has 1 aromatic carbocycles. The molecular weight excluding hydrogens is 226 g/mol. The highest BCUT2D eigenvalue weighted by molar-refractivity contribution is 5.94. The van der Waals surface area contributed by atoms with Crippen LogP contribution in [0.15, 0.2) is 18.2 Å². The minimum atomic E-state index is -0.0909. The van der Waals surface area contributed by atoms with Crippen LogP contribution in [0.2, 0.25) is 0 Å². The van der Waals surface area contributed by atoms with Crippen LogP contribution in [0, 0.1) is 11.3 Å². The van der Waals surface area contributed by atoms with E-state index in [1.807, 2.05) is 25.1 Å². The van der Waals surface area contributed by atoms with Crippen LogP contribution in [0.3, 0.4) is 0 Å². The van der Waals surface area contributed by atoms with Crippen LogP contribution in [0.1, 0.15) is 41.3 Å². The van der Waals surface area contributed by atoms with Crippen LogP contribution in [0.4, 0.5) is 0 Å². The number of hydrogen-bond donors (Lipinski definition) is 2. The molecule has 1 aliphatic heterocycles. The Morgan fingerprint density at radius 2 is 2.28 bits per heavy atom. The number of fused-ring (bicyclic) bond motifs is 1. The lowest BCUT2D eigenvalue weighted by Gasteiger charge is -2.14. The van der Waals surface area contributed by atoms with Crippen molar-refractivity contribution in [1.29, 1.82) is 5.26 Å². The zero-order valence-corrected chi connectivity index (χ0v) is 10.5. The first kappa shape index (κ1) is 12.6. The molecule has 4 heteroatoms. The minimum Gasteiger partial charge on any atom is -0.348 e. The van der Waals surface area contributed by atoms with Crippen molar-refractivity contribution in [1.82, 2.24) is 10.6 Å². The van der Waals surface area contributed by atoms with Crippen LogP contribution in [-0.2, 0) is 13.1 Å². The summed E-state index contributed by atoms with van der Waals surface area (Å²) in [6, 6.07) is 7.81. The summed E-state index contributed by atoms with van der Waals surface area (Å²) >= 11 is 0. The van der Waals surface area contributed by atoms with Gasteiger partial charge in [-0.15, -0.1) is 0 Å². The number of carbonyl (C=O) groups is 1. The predicted octanol–water partition coefficient (Wildman–Crippen LogP) is 1.71. The van der Waals surface area contributed by atoms with Crippen LogP contribution >= 0.6 is 0 Å². The number of nitriles is 1. The molecule has 1 atom stereocenters. The molecule has 0 spiro atoms. The molecule has 1 heterocycles. The monoisotopic (exact) mass is 243 g/mol. The summed E-state index contributed by atoms with van der Waals surface area (Å²) in [5.74, 6) is -0.0909. The normalized spacial score (nSPS) is 14.7. The molecule has 0 saturated heterocycles. The van der Waals surface area contributed by atoms with Crippen molar-refractivity contribution in [2.24, 2.45) is 0 Å². The second-order valence-corrected chi connectivity index (χ2v) is 4.53. The van der Waals surface area contributed by atoms with Gasteiger partial charge in [0.1, 0.15) is 0 Å². The van der Waals surface area contributed by atoms with Gasteiger partial charge in [-0.1, -0.05) is 13.0 Å². The molecule has 2 rings (SSSR count). The van der Waals surface area contributed by atoms with Crippen LogP contribution < -0.4 is 10.6 Å². The van der Waals surface area contributed by atoms with Gasteiger partial charge in [-0.2, -0.15) is 5.26 Å². The number of nitrogens with zero attached hydrogens (tertiary/aromatic N) is 1. The highest BCUT2D eigenvalue weighted by Crippen LogP contribution is 2.17. The Labute approximate surface area is 107 Å². The van der Waals surface area contributed by atoms with Gasteiger partial charge in [0.25, 0.3) is 5.91 Å². The summed E-state index contributed by atoms with van der Waals surface area (Å²) in [5, 5.41) is 14.8. The molecular formula is C14H17N3O. The maximum absolute atomic E-state index is 12.0. The quantitative estimate of drug-likeness (QED) is 0.846. The Morgan fingerprint density at radius 1 is 1.50 bits per heavy atom. The van der Waals surface area contributed by atoms with Crippen molar-refractivity contribution < 1.29 is 4.79 Å². The molecule has 0 bridgehead atoms. The average molecular weight is 243 g/mol. The first-order chi connectivity index (χ1) is 8.74. The van der Waals surface area contributed by atoms with Crippen molar-refractivity contribution >= 4 is 5.91 Å². The van der Waals surface area contributed by atoms with E-state index in [-0.39, 0.29) is 11.9 Å². The smallest absolute Gasteiger partial charge is 0.251 e. The molecule has 0 aliphatic carbocycles. The minimum absolute atomic E-state index is 0.0612. The Kier molecular flexibility index (Phi) is 3.96. The van der Waals surface area contributed by atoms with E-state index in [9.17, 15) is 4.79 Å². The molecule has 0 fully saturated rings. The fourth-order valence-corrected chi connectivity index (χ4v) is 2.11. The van der Waals surface area contributed by atoms with Crippen molar-refractivity contribution in [3.8, 4) is 6.07 Å². The molecule has 1 aliphatic rings. The van der Waals surface area contributed by atoms with Crippen molar-refractivity contribution in [3.05, 3.63) is 34.9 Å². The topological polar surface area (TPSA) is 64.9 Å². The van der Waals surface area contributed by atoms with Crippen LogP contribution in [-0.4, -0.2) is 11.9 Å².